The second kappa shape index (κ2) is 15.1. The second-order valence-electron chi connectivity index (χ2n) is 9.69. The van der Waals surface area contributed by atoms with Crippen molar-refractivity contribution in [2.24, 2.45) is 0 Å². The second-order valence-corrected chi connectivity index (χ2v) is 9.69. The average Bonchev–Trinajstić information content (AvgIpc) is 3.02. The van der Waals surface area contributed by atoms with Crippen molar-refractivity contribution in [3.8, 4) is 11.5 Å². The van der Waals surface area contributed by atoms with E-state index in [0.29, 0.717) is 36.8 Å². The maximum Gasteiger partial charge on any atom is 0.322 e. The normalized spacial score (nSPS) is 10.5. The number of hydrogen-bond acceptors (Lipinski definition) is 4. The van der Waals surface area contributed by atoms with E-state index in [-0.39, 0.29) is 24.9 Å². The smallest absolute Gasteiger partial charge is 0.322 e. The molecule has 0 heterocycles. The standard InChI is InChI=1S/C34H37N3O4/c1-40-30-18-19-31(32(24-30)41-2)35-34(39)37(26-29-16-10-5-11-17-29)23-21-33(38)36(25-28-14-8-4-9-15-28)22-20-27-12-6-3-7-13-27/h3-19,24H,20-23,25-26H2,1-2H3,(H,35,39). The fourth-order valence-corrected chi connectivity index (χ4v) is 4.55. The fourth-order valence-electron chi connectivity index (χ4n) is 4.55. The molecule has 4 rings (SSSR count). The van der Waals surface area contributed by atoms with Gasteiger partial charge in [-0.1, -0.05) is 91.0 Å². The van der Waals surface area contributed by atoms with Gasteiger partial charge < -0.3 is 24.6 Å². The van der Waals surface area contributed by atoms with Crippen LogP contribution in [0, 0.1) is 0 Å². The van der Waals surface area contributed by atoms with Crippen molar-refractivity contribution in [2.75, 3.05) is 32.6 Å². The van der Waals surface area contributed by atoms with Gasteiger partial charge in [-0.05, 0) is 35.2 Å². The molecule has 4 aromatic carbocycles. The lowest BCUT2D eigenvalue weighted by atomic mass is 10.1. The van der Waals surface area contributed by atoms with Gasteiger partial charge in [-0.15, -0.1) is 0 Å². The number of benzene rings is 4. The Morgan fingerprint density at radius 3 is 1.78 bits per heavy atom. The quantitative estimate of drug-likeness (QED) is 0.209. The minimum Gasteiger partial charge on any atom is -0.497 e. The number of ether oxygens (including phenoxy) is 2. The van der Waals surface area contributed by atoms with Crippen molar-refractivity contribution in [1.29, 1.82) is 0 Å². The number of anilines is 1. The number of urea groups is 1. The van der Waals surface area contributed by atoms with E-state index in [2.05, 4.69) is 17.4 Å². The van der Waals surface area contributed by atoms with E-state index < -0.39 is 0 Å². The molecule has 0 saturated heterocycles. The molecule has 4 aromatic rings. The van der Waals surface area contributed by atoms with E-state index in [4.69, 9.17) is 9.47 Å². The SMILES string of the molecule is COc1ccc(NC(=O)N(CCC(=O)N(CCc2ccccc2)Cc2ccccc2)Cc2ccccc2)c(OC)c1. The molecular formula is C34H37N3O4. The molecule has 0 aliphatic heterocycles. The van der Waals surface area contributed by atoms with Crippen molar-refractivity contribution < 1.29 is 19.1 Å². The number of nitrogens with zero attached hydrogens (tertiary/aromatic N) is 2. The highest BCUT2D eigenvalue weighted by atomic mass is 16.5. The molecule has 212 valence electrons. The van der Waals surface area contributed by atoms with Gasteiger partial charge >= 0.3 is 6.03 Å². The van der Waals surface area contributed by atoms with Gasteiger partial charge in [0.15, 0.2) is 0 Å². The highest BCUT2D eigenvalue weighted by Crippen LogP contribution is 2.29. The Bertz CT molecular complexity index is 1380. The summed E-state index contributed by atoms with van der Waals surface area (Å²) >= 11 is 0. The van der Waals surface area contributed by atoms with E-state index in [1.165, 1.54) is 5.56 Å². The fraction of sp³-hybridized carbons (Fsp3) is 0.235. The molecule has 7 heteroatoms. The van der Waals surface area contributed by atoms with E-state index in [0.717, 1.165) is 17.5 Å². The zero-order valence-corrected chi connectivity index (χ0v) is 23.7. The molecule has 0 bridgehead atoms. The zero-order chi connectivity index (χ0) is 28.9. The van der Waals surface area contributed by atoms with Crippen LogP contribution < -0.4 is 14.8 Å². The van der Waals surface area contributed by atoms with Crippen LogP contribution in [0.15, 0.2) is 109 Å². The molecule has 3 amide bonds. The van der Waals surface area contributed by atoms with E-state index in [1.807, 2.05) is 83.8 Å². The monoisotopic (exact) mass is 551 g/mol. The number of rotatable bonds is 13. The number of methoxy groups -OCH3 is 2. The summed E-state index contributed by atoms with van der Waals surface area (Å²) in [5, 5.41) is 2.95. The molecule has 41 heavy (non-hydrogen) atoms. The maximum atomic E-state index is 13.6. The van der Waals surface area contributed by atoms with Crippen LogP contribution in [0.5, 0.6) is 11.5 Å². The lowest BCUT2D eigenvalue weighted by molar-refractivity contribution is -0.132. The van der Waals surface area contributed by atoms with Gasteiger partial charge in [0, 0.05) is 38.7 Å². The number of hydrogen-bond donors (Lipinski definition) is 1. The molecule has 0 radical (unpaired) electrons. The Labute approximate surface area is 242 Å². The number of carbonyl (C=O) groups excluding carboxylic acids is 2. The first-order chi connectivity index (χ1) is 20.1. The van der Waals surface area contributed by atoms with E-state index in [1.54, 1.807) is 37.3 Å². The van der Waals surface area contributed by atoms with Crippen molar-refractivity contribution in [3.63, 3.8) is 0 Å². The first kappa shape index (κ1) is 29.2. The predicted molar refractivity (Wildman–Crippen MR) is 162 cm³/mol. The average molecular weight is 552 g/mol. The molecule has 0 unspecified atom stereocenters. The summed E-state index contributed by atoms with van der Waals surface area (Å²) in [6, 6.07) is 34.8. The van der Waals surface area contributed by atoms with Crippen LogP contribution in [0.2, 0.25) is 0 Å². The predicted octanol–water partition coefficient (Wildman–Crippen LogP) is 6.40. The minimum atomic E-state index is -0.316. The third-order valence-electron chi connectivity index (χ3n) is 6.83. The van der Waals surface area contributed by atoms with Crippen molar-refractivity contribution >= 4 is 17.6 Å². The zero-order valence-electron chi connectivity index (χ0n) is 23.7. The van der Waals surface area contributed by atoms with Crippen LogP contribution in [0.25, 0.3) is 0 Å². The topological polar surface area (TPSA) is 71.1 Å². The van der Waals surface area contributed by atoms with Crippen LogP contribution in [0.3, 0.4) is 0 Å². The maximum absolute atomic E-state index is 13.6. The molecule has 0 aromatic heterocycles. The van der Waals surface area contributed by atoms with Gasteiger partial charge in [0.2, 0.25) is 5.91 Å². The molecular weight excluding hydrogens is 514 g/mol. The summed E-state index contributed by atoms with van der Waals surface area (Å²) in [6.45, 7) is 1.72. The van der Waals surface area contributed by atoms with E-state index in [9.17, 15) is 9.59 Å². The first-order valence-electron chi connectivity index (χ1n) is 13.7. The molecule has 0 atom stereocenters. The van der Waals surface area contributed by atoms with Gasteiger partial charge in [0.25, 0.3) is 0 Å². The lowest BCUT2D eigenvalue weighted by Crippen LogP contribution is -2.39. The summed E-state index contributed by atoms with van der Waals surface area (Å²) in [4.78, 5) is 30.7. The summed E-state index contributed by atoms with van der Waals surface area (Å²) < 4.78 is 10.7. The molecule has 0 saturated carbocycles. The number of carbonyl (C=O) groups is 2. The van der Waals surface area contributed by atoms with Gasteiger partial charge in [-0.25, -0.2) is 4.79 Å². The molecule has 1 N–H and O–H groups in total. The van der Waals surface area contributed by atoms with Crippen LogP contribution in [-0.2, 0) is 24.3 Å². The Hall–Kier alpha value is -4.78. The van der Waals surface area contributed by atoms with Gasteiger partial charge in [0.1, 0.15) is 11.5 Å². The summed E-state index contributed by atoms with van der Waals surface area (Å²) in [5.41, 5.74) is 3.74. The minimum absolute atomic E-state index is 0.00215. The molecule has 0 spiro atoms. The Morgan fingerprint density at radius 1 is 0.659 bits per heavy atom. The number of amides is 3. The Balaban J connectivity index is 1.48. The van der Waals surface area contributed by atoms with Crippen LogP contribution >= 0.6 is 0 Å². The summed E-state index contributed by atoms with van der Waals surface area (Å²) in [7, 11) is 3.12. The molecule has 0 aliphatic carbocycles. The van der Waals surface area contributed by atoms with Crippen molar-refractivity contribution in [3.05, 3.63) is 126 Å². The van der Waals surface area contributed by atoms with Crippen LogP contribution in [0.4, 0.5) is 10.5 Å². The van der Waals surface area contributed by atoms with E-state index >= 15 is 0 Å². The third kappa shape index (κ3) is 8.86. The van der Waals surface area contributed by atoms with Gasteiger partial charge in [-0.3, -0.25) is 4.79 Å². The van der Waals surface area contributed by atoms with Gasteiger partial charge in [-0.2, -0.15) is 0 Å². The van der Waals surface area contributed by atoms with Gasteiger partial charge in [0.05, 0.1) is 19.9 Å². The Kier molecular flexibility index (Phi) is 10.8. The third-order valence-corrected chi connectivity index (χ3v) is 6.83. The van der Waals surface area contributed by atoms with Crippen LogP contribution in [-0.4, -0.2) is 49.0 Å². The first-order valence-corrected chi connectivity index (χ1v) is 13.7. The summed E-state index contributed by atoms with van der Waals surface area (Å²) in [5.74, 6) is 1.11. The molecule has 0 aliphatic rings. The lowest BCUT2D eigenvalue weighted by Gasteiger charge is -2.27. The van der Waals surface area contributed by atoms with Crippen LogP contribution in [0.1, 0.15) is 23.1 Å². The van der Waals surface area contributed by atoms with Crippen molar-refractivity contribution in [2.45, 2.75) is 25.9 Å². The highest BCUT2D eigenvalue weighted by molar-refractivity contribution is 5.91. The number of nitrogens with one attached hydrogen (secondary N) is 1. The summed E-state index contributed by atoms with van der Waals surface area (Å²) in [6.07, 6.45) is 0.951. The Morgan fingerprint density at radius 2 is 1.22 bits per heavy atom. The molecule has 7 nitrogen and oxygen atoms in total. The van der Waals surface area contributed by atoms with Crippen molar-refractivity contribution in [1.82, 2.24) is 9.80 Å². The largest absolute Gasteiger partial charge is 0.497 e. The highest BCUT2D eigenvalue weighted by Gasteiger charge is 2.20. The molecule has 0 fully saturated rings.